The van der Waals surface area contributed by atoms with E-state index >= 15 is 0 Å². The van der Waals surface area contributed by atoms with Gasteiger partial charge in [0.15, 0.2) is 0 Å². The standard InChI is InChI=1S/C6H6OS.Na.H/c7-4-3-6-2-1-5-8-6;;/h1-2,4-5H,3H2;;. The van der Waals surface area contributed by atoms with E-state index in [9.17, 15) is 4.79 Å². The summed E-state index contributed by atoms with van der Waals surface area (Å²) >= 11 is 1.62. The molecule has 44 valence electrons. The summed E-state index contributed by atoms with van der Waals surface area (Å²) in [5.41, 5.74) is 0. The second-order valence-electron chi connectivity index (χ2n) is 1.45. The van der Waals surface area contributed by atoms with Gasteiger partial charge in [0.2, 0.25) is 0 Å². The summed E-state index contributed by atoms with van der Waals surface area (Å²) in [5, 5.41) is 1.97. The Morgan fingerprint density at radius 1 is 1.67 bits per heavy atom. The molecular formula is C6H7NaOS. The van der Waals surface area contributed by atoms with Gasteiger partial charge in [0.05, 0.1) is 0 Å². The molecule has 0 fully saturated rings. The van der Waals surface area contributed by atoms with Crippen molar-refractivity contribution in [3.8, 4) is 0 Å². The molecule has 0 amide bonds. The molecule has 9 heavy (non-hydrogen) atoms. The van der Waals surface area contributed by atoms with Crippen LogP contribution in [0, 0.1) is 0 Å². The minimum atomic E-state index is 0. The van der Waals surface area contributed by atoms with Gasteiger partial charge in [-0.2, -0.15) is 0 Å². The second-order valence-corrected chi connectivity index (χ2v) is 2.48. The van der Waals surface area contributed by atoms with E-state index in [1.807, 2.05) is 17.5 Å². The average molecular weight is 150 g/mol. The van der Waals surface area contributed by atoms with E-state index in [0.29, 0.717) is 6.42 Å². The molecular weight excluding hydrogens is 143 g/mol. The molecule has 0 N–H and O–H groups in total. The number of aldehydes is 1. The van der Waals surface area contributed by atoms with Crippen LogP contribution in [0.4, 0.5) is 0 Å². The Hall–Kier alpha value is 0.370. The molecule has 0 radical (unpaired) electrons. The molecule has 0 aliphatic rings. The van der Waals surface area contributed by atoms with Crippen LogP contribution in [0.1, 0.15) is 4.88 Å². The quantitative estimate of drug-likeness (QED) is 0.451. The Morgan fingerprint density at radius 2 is 2.44 bits per heavy atom. The first-order valence-corrected chi connectivity index (χ1v) is 3.27. The fraction of sp³-hybridized carbons (Fsp3) is 0.167. The van der Waals surface area contributed by atoms with E-state index in [4.69, 9.17) is 0 Å². The van der Waals surface area contributed by atoms with E-state index in [0.717, 1.165) is 11.2 Å². The van der Waals surface area contributed by atoms with E-state index in [1.165, 1.54) is 0 Å². The second kappa shape index (κ2) is 5.18. The molecule has 1 aromatic heterocycles. The number of carbonyl (C=O) groups is 1. The van der Waals surface area contributed by atoms with Crippen LogP contribution in [-0.2, 0) is 11.2 Å². The fourth-order valence-corrected chi connectivity index (χ4v) is 1.16. The summed E-state index contributed by atoms with van der Waals surface area (Å²) in [6.07, 6.45) is 1.49. The first-order valence-electron chi connectivity index (χ1n) is 2.39. The Bertz CT molecular complexity index is 160. The Morgan fingerprint density at radius 3 is 2.89 bits per heavy atom. The van der Waals surface area contributed by atoms with Crippen molar-refractivity contribution in [2.24, 2.45) is 0 Å². The van der Waals surface area contributed by atoms with Gasteiger partial charge >= 0.3 is 29.6 Å². The summed E-state index contributed by atoms with van der Waals surface area (Å²) < 4.78 is 0. The summed E-state index contributed by atoms with van der Waals surface area (Å²) in [7, 11) is 0. The molecule has 0 aromatic carbocycles. The predicted molar refractivity (Wildman–Crippen MR) is 41.2 cm³/mol. The molecule has 0 aliphatic heterocycles. The van der Waals surface area contributed by atoms with Crippen molar-refractivity contribution in [3.05, 3.63) is 22.4 Å². The van der Waals surface area contributed by atoms with E-state index in [1.54, 1.807) is 11.3 Å². The monoisotopic (exact) mass is 150 g/mol. The van der Waals surface area contributed by atoms with Crippen LogP contribution in [-0.4, -0.2) is 35.8 Å². The maximum absolute atomic E-state index is 9.88. The van der Waals surface area contributed by atoms with Gasteiger partial charge in [0, 0.05) is 11.3 Å². The summed E-state index contributed by atoms with van der Waals surface area (Å²) in [6.45, 7) is 0. The molecule has 0 unspecified atom stereocenters. The molecule has 0 aliphatic carbocycles. The topological polar surface area (TPSA) is 17.1 Å². The van der Waals surface area contributed by atoms with E-state index in [2.05, 4.69) is 0 Å². The number of thiophene rings is 1. The Balaban J connectivity index is 0.000000640. The molecule has 3 heteroatoms. The normalized spacial score (nSPS) is 8.00. The SMILES string of the molecule is O=CCc1cccs1.[NaH]. The zero-order valence-corrected chi connectivity index (χ0v) is 5.15. The molecule has 0 atom stereocenters. The van der Waals surface area contributed by atoms with Gasteiger partial charge in [-0.3, -0.25) is 0 Å². The first kappa shape index (κ1) is 9.37. The third-order valence-corrected chi connectivity index (χ3v) is 1.76. The average Bonchev–Trinajstić information content (AvgIpc) is 2.19. The van der Waals surface area contributed by atoms with Crippen molar-refractivity contribution < 1.29 is 4.79 Å². The molecule has 0 spiro atoms. The van der Waals surface area contributed by atoms with Crippen molar-refractivity contribution in [1.82, 2.24) is 0 Å². The van der Waals surface area contributed by atoms with Crippen LogP contribution >= 0.6 is 11.3 Å². The summed E-state index contributed by atoms with van der Waals surface area (Å²) in [6, 6.07) is 3.91. The third-order valence-electron chi connectivity index (χ3n) is 0.865. The molecule has 0 saturated heterocycles. The van der Waals surface area contributed by atoms with Gasteiger partial charge in [-0.05, 0) is 11.4 Å². The van der Waals surface area contributed by atoms with Gasteiger partial charge in [-0.25, -0.2) is 0 Å². The van der Waals surface area contributed by atoms with Gasteiger partial charge in [-0.15, -0.1) is 11.3 Å². The molecule has 0 bridgehead atoms. The Labute approximate surface area is 80.4 Å². The summed E-state index contributed by atoms with van der Waals surface area (Å²) in [4.78, 5) is 11.0. The minimum absolute atomic E-state index is 0. The first-order chi connectivity index (χ1) is 3.93. The van der Waals surface area contributed by atoms with E-state index < -0.39 is 0 Å². The van der Waals surface area contributed by atoms with Crippen molar-refractivity contribution in [2.75, 3.05) is 0 Å². The van der Waals surface area contributed by atoms with Crippen molar-refractivity contribution in [3.63, 3.8) is 0 Å². The van der Waals surface area contributed by atoms with Crippen LogP contribution in [0.3, 0.4) is 0 Å². The predicted octanol–water partition coefficient (Wildman–Crippen LogP) is 0.841. The van der Waals surface area contributed by atoms with Gasteiger partial charge in [0.1, 0.15) is 6.29 Å². The molecule has 1 rings (SSSR count). The Kier molecular flexibility index (Phi) is 5.39. The van der Waals surface area contributed by atoms with Crippen LogP contribution in [0.25, 0.3) is 0 Å². The summed E-state index contributed by atoms with van der Waals surface area (Å²) in [5.74, 6) is 0. The number of hydrogen-bond acceptors (Lipinski definition) is 2. The zero-order valence-electron chi connectivity index (χ0n) is 4.33. The molecule has 1 nitrogen and oxygen atoms in total. The zero-order chi connectivity index (χ0) is 5.82. The number of carbonyl (C=O) groups excluding carboxylic acids is 1. The van der Waals surface area contributed by atoms with Crippen LogP contribution < -0.4 is 0 Å². The van der Waals surface area contributed by atoms with Crippen LogP contribution in [0.15, 0.2) is 17.5 Å². The fourth-order valence-electron chi connectivity index (χ4n) is 0.511. The third kappa shape index (κ3) is 3.16. The molecule has 1 heterocycles. The number of hydrogen-bond donors (Lipinski definition) is 0. The van der Waals surface area contributed by atoms with Crippen LogP contribution in [0.2, 0.25) is 0 Å². The molecule has 1 aromatic rings. The van der Waals surface area contributed by atoms with E-state index in [-0.39, 0.29) is 29.6 Å². The molecule has 0 saturated carbocycles. The van der Waals surface area contributed by atoms with Crippen molar-refractivity contribution >= 4 is 47.2 Å². The van der Waals surface area contributed by atoms with Crippen LogP contribution in [0.5, 0.6) is 0 Å². The number of rotatable bonds is 2. The maximum atomic E-state index is 9.88. The van der Waals surface area contributed by atoms with Crippen molar-refractivity contribution in [1.29, 1.82) is 0 Å². The van der Waals surface area contributed by atoms with Gasteiger partial charge < -0.3 is 4.79 Å². The van der Waals surface area contributed by atoms with Crippen molar-refractivity contribution in [2.45, 2.75) is 6.42 Å². The van der Waals surface area contributed by atoms with Gasteiger partial charge in [-0.1, -0.05) is 6.07 Å². The van der Waals surface area contributed by atoms with Gasteiger partial charge in [0.25, 0.3) is 0 Å².